The normalized spacial score (nSPS) is 13.7. The maximum absolute atomic E-state index is 3.60. The maximum atomic E-state index is 3.60. The molecule has 0 unspecified atom stereocenters. The first-order valence-corrected chi connectivity index (χ1v) is 13.4. The van der Waals surface area contributed by atoms with E-state index in [0.717, 1.165) is 36.6 Å². The third-order valence-corrected chi connectivity index (χ3v) is 7.59. The molecule has 30 heavy (non-hydrogen) atoms. The summed E-state index contributed by atoms with van der Waals surface area (Å²) in [6, 6.07) is 13.9. The van der Waals surface area contributed by atoms with Crippen molar-refractivity contribution in [3.8, 4) is 0 Å². The SMILES string of the molecule is BrCCCCn1c2c(c3cc4c(cc31)c1ccccc1n4CCCCBr)CCC=C2. The van der Waals surface area contributed by atoms with Gasteiger partial charge in [-0.15, -0.1) is 0 Å². The lowest BCUT2D eigenvalue weighted by molar-refractivity contribution is 0.648. The first-order chi connectivity index (χ1) is 14.8. The zero-order valence-electron chi connectivity index (χ0n) is 17.3. The molecule has 2 nitrogen and oxygen atoms in total. The summed E-state index contributed by atoms with van der Waals surface area (Å²) in [6.45, 7) is 2.17. The minimum Gasteiger partial charge on any atom is -0.341 e. The van der Waals surface area contributed by atoms with Crippen LogP contribution >= 0.6 is 31.9 Å². The largest absolute Gasteiger partial charge is 0.341 e. The number of nitrogens with zero attached hydrogens (tertiary/aromatic N) is 2. The summed E-state index contributed by atoms with van der Waals surface area (Å²) in [6.07, 6.45) is 11.8. The van der Waals surface area contributed by atoms with Crippen molar-refractivity contribution in [1.82, 2.24) is 9.13 Å². The third kappa shape index (κ3) is 3.46. The lowest BCUT2D eigenvalue weighted by Crippen LogP contribution is -2.03. The van der Waals surface area contributed by atoms with Gasteiger partial charge in [-0.3, -0.25) is 0 Å². The van der Waals surface area contributed by atoms with E-state index in [1.807, 2.05) is 0 Å². The van der Waals surface area contributed by atoms with E-state index in [2.05, 4.69) is 89.5 Å². The summed E-state index contributed by atoms with van der Waals surface area (Å²) in [4.78, 5) is 0. The van der Waals surface area contributed by atoms with E-state index in [4.69, 9.17) is 0 Å². The quantitative estimate of drug-likeness (QED) is 0.162. The van der Waals surface area contributed by atoms with E-state index in [1.165, 1.54) is 64.1 Å². The van der Waals surface area contributed by atoms with Crippen LogP contribution in [0.5, 0.6) is 0 Å². The predicted molar refractivity (Wildman–Crippen MR) is 138 cm³/mol. The smallest absolute Gasteiger partial charge is 0.0499 e. The average Bonchev–Trinajstić information content (AvgIpc) is 3.26. The molecule has 0 N–H and O–H groups in total. The molecule has 5 rings (SSSR count). The molecule has 0 spiro atoms. The molecule has 0 amide bonds. The highest BCUT2D eigenvalue weighted by atomic mass is 79.9. The van der Waals surface area contributed by atoms with Crippen LogP contribution in [0.15, 0.2) is 42.5 Å². The number of fused-ring (bicyclic) bond motifs is 6. The van der Waals surface area contributed by atoms with Gasteiger partial charge in [-0.05, 0) is 68.4 Å². The summed E-state index contributed by atoms with van der Waals surface area (Å²) in [5.41, 5.74) is 7.17. The molecule has 1 aliphatic carbocycles. The number of unbranched alkanes of at least 4 members (excludes halogenated alkanes) is 2. The molecule has 2 heterocycles. The van der Waals surface area contributed by atoms with Gasteiger partial charge in [0.1, 0.15) is 0 Å². The second-order valence-corrected chi connectivity index (χ2v) is 9.89. The Bertz CT molecular complexity index is 1230. The fourth-order valence-corrected chi connectivity index (χ4v) is 5.86. The topological polar surface area (TPSA) is 9.86 Å². The summed E-state index contributed by atoms with van der Waals surface area (Å²) < 4.78 is 5.14. The second-order valence-electron chi connectivity index (χ2n) is 8.30. The lowest BCUT2D eigenvalue weighted by Gasteiger charge is -2.11. The van der Waals surface area contributed by atoms with E-state index >= 15 is 0 Å². The van der Waals surface area contributed by atoms with Crippen molar-refractivity contribution in [3.63, 3.8) is 0 Å². The van der Waals surface area contributed by atoms with Crippen LogP contribution in [0.4, 0.5) is 0 Å². The summed E-state index contributed by atoms with van der Waals surface area (Å²) >= 11 is 7.19. The van der Waals surface area contributed by atoms with Crippen LogP contribution in [0.25, 0.3) is 38.8 Å². The van der Waals surface area contributed by atoms with E-state index in [0.29, 0.717) is 0 Å². The van der Waals surface area contributed by atoms with Gasteiger partial charge in [0.25, 0.3) is 0 Å². The molecule has 0 atom stereocenters. The Hall–Kier alpha value is -1.52. The fourth-order valence-electron chi connectivity index (χ4n) is 5.06. The van der Waals surface area contributed by atoms with Gasteiger partial charge >= 0.3 is 0 Å². The number of hydrogen-bond acceptors (Lipinski definition) is 0. The molecule has 0 fully saturated rings. The Labute approximate surface area is 195 Å². The van der Waals surface area contributed by atoms with Crippen molar-refractivity contribution in [1.29, 1.82) is 0 Å². The first-order valence-electron chi connectivity index (χ1n) is 11.2. The Balaban J connectivity index is 1.75. The molecule has 0 saturated heterocycles. The number of hydrogen-bond donors (Lipinski definition) is 0. The van der Waals surface area contributed by atoms with Crippen LogP contribution in [-0.2, 0) is 19.5 Å². The minimum absolute atomic E-state index is 1.07. The predicted octanol–water partition coefficient (Wildman–Crippen LogP) is 8.06. The lowest BCUT2D eigenvalue weighted by atomic mass is 10.00. The fraction of sp³-hybridized carbons (Fsp3) is 0.385. The molecule has 156 valence electrons. The molecule has 2 aromatic carbocycles. The highest BCUT2D eigenvalue weighted by molar-refractivity contribution is 9.09. The Morgan fingerprint density at radius 3 is 2.23 bits per heavy atom. The highest BCUT2D eigenvalue weighted by Gasteiger charge is 2.20. The molecule has 0 aliphatic heterocycles. The number of allylic oxidation sites excluding steroid dienone is 1. The molecule has 4 aromatic rings. The van der Waals surface area contributed by atoms with Crippen molar-refractivity contribution >= 4 is 70.6 Å². The number of para-hydroxylation sites is 1. The summed E-state index contributed by atoms with van der Waals surface area (Å²) in [5, 5.41) is 6.40. The number of aryl methyl sites for hydroxylation is 3. The Morgan fingerprint density at radius 2 is 1.43 bits per heavy atom. The number of halogens is 2. The van der Waals surface area contributed by atoms with Gasteiger partial charge in [0.15, 0.2) is 0 Å². The molecule has 4 heteroatoms. The molecular formula is C26H28Br2N2. The van der Waals surface area contributed by atoms with Gasteiger partial charge in [0.05, 0.1) is 0 Å². The van der Waals surface area contributed by atoms with E-state index in [9.17, 15) is 0 Å². The second kappa shape index (κ2) is 8.92. The van der Waals surface area contributed by atoms with E-state index in [-0.39, 0.29) is 0 Å². The van der Waals surface area contributed by atoms with Gasteiger partial charge < -0.3 is 9.13 Å². The van der Waals surface area contributed by atoms with E-state index < -0.39 is 0 Å². The number of benzene rings is 2. The first kappa shape index (κ1) is 20.4. The maximum Gasteiger partial charge on any atom is 0.0499 e. The molecule has 0 bridgehead atoms. The van der Waals surface area contributed by atoms with Crippen LogP contribution in [0, 0.1) is 0 Å². The molecule has 0 saturated carbocycles. The standard InChI is InChI=1S/C26H28Br2N2/c27-13-5-7-15-29-23-11-3-1-9-19(23)21-17-26-22(18-25(21)29)20-10-2-4-12-24(20)30(26)16-8-6-14-28/h1,3-4,9,11-12,17-18H,2,5-8,10,13-16H2. The molecular weight excluding hydrogens is 500 g/mol. The molecule has 2 aromatic heterocycles. The average molecular weight is 528 g/mol. The zero-order valence-corrected chi connectivity index (χ0v) is 20.5. The van der Waals surface area contributed by atoms with Crippen LogP contribution in [-0.4, -0.2) is 19.8 Å². The summed E-state index contributed by atoms with van der Waals surface area (Å²) in [5.74, 6) is 0. The molecule has 0 radical (unpaired) electrons. The molecule has 1 aliphatic rings. The van der Waals surface area contributed by atoms with Gasteiger partial charge in [0, 0.05) is 62.2 Å². The summed E-state index contributed by atoms with van der Waals surface area (Å²) in [7, 11) is 0. The van der Waals surface area contributed by atoms with Crippen LogP contribution in [0.2, 0.25) is 0 Å². The zero-order chi connectivity index (χ0) is 20.5. The minimum atomic E-state index is 1.07. The van der Waals surface area contributed by atoms with Crippen LogP contribution in [0.1, 0.15) is 43.4 Å². The van der Waals surface area contributed by atoms with Gasteiger partial charge in [-0.1, -0.05) is 56.1 Å². The number of aromatic nitrogens is 2. The van der Waals surface area contributed by atoms with Crippen molar-refractivity contribution in [2.24, 2.45) is 0 Å². The van der Waals surface area contributed by atoms with Gasteiger partial charge in [-0.2, -0.15) is 0 Å². The Morgan fingerprint density at radius 1 is 0.733 bits per heavy atom. The highest BCUT2D eigenvalue weighted by Crippen LogP contribution is 2.38. The number of alkyl halides is 2. The monoisotopic (exact) mass is 526 g/mol. The van der Waals surface area contributed by atoms with Gasteiger partial charge in [0.2, 0.25) is 0 Å². The van der Waals surface area contributed by atoms with Crippen molar-refractivity contribution < 1.29 is 0 Å². The van der Waals surface area contributed by atoms with Crippen LogP contribution < -0.4 is 0 Å². The van der Waals surface area contributed by atoms with Crippen molar-refractivity contribution in [2.45, 2.75) is 51.6 Å². The van der Waals surface area contributed by atoms with E-state index in [1.54, 1.807) is 5.56 Å². The van der Waals surface area contributed by atoms with Crippen molar-refractivity contribution in [3.05, 3.63) is 53.7 Å². The Kier molecular flexibility index (Phi) is 6.06. The third-order valence-electron chi connectivity index (χ3n) is 6.47. The van der Waals surface area contributed by atoms with Crippen molar-refractivity contribution in [2.75, 3.05) is 10.7 Å². The number of rotatable bonds is 8. The van der Waals surface area contributed by atoms with Gasteiger partial charge in [-0.25, -0.2) is 0 Å². The van der Waals surface area contributed by atoms with Crippen LogP contribution in [0.3, 0.4) is 0 Å².